The lowest BCUT2D eigenvalue weighted by molar-refractivity contribution is -0.134. The molecule has 0 spiro atoms. The number of halogens is 1. The van der Waals surface area contributed by atoms with Crippen LogP contribution in [0.2, 0.25) is 5.02 Å². The number of nitrogens with zero attached hydrogens (tertiary/aromatic N) is 4. The van der Waals surface area contributed by atoms with Crippen LogP contribution in [-0.2, 0) is 9.53 Å². The Hall–Kier alpha value is -2.36. The summed E-state index contributed by atoms with van der Waals surface area (Å²) >= 11 is 7.64. The minimum absolute atomic E-state index is 0.0189. The van der Waals surface area contributed by atoms with Crippen LogP contribution >= 0.6 is 23.4 Å². The largest absolute Gasteiger partial charge is 0.378 e. The van der Waals surface area contributed by atoms with Crippen LogP contribution in [0, 0.1) is 0 Å². The van der Waals surface area contributed by atoms with E-state index in [9.17, 15) is 9.59 Å². The van der Waals surface area contributed by atoms with Gasteiger partial charge in [0.2, 0.25) is 5.91 Å². The number of morpholine rings is 1. The number of amides is 1. The SMILES string of the molecule is CCC(Sc1nc2[nH]ncc2c(=O)n1-c1ccccc1Cl)C(=O)N1CCOCC1. The van der Waals surface area contributed by atoms with E-state index in [-0.39, 0.29) is 16.7 Å². The van der Waals surface area contributed by atoms with Crippen LogP contribution in [0.3, 0.4) is 0 Å². The molecule has 1 saturated heterocycles. The highest BCUT2D eigenvalue weighted by atomic mass is 35.5. The Kier molecular flexibility index (Phi) is 5.89. The third kappa shape index (κ3) is 3.90. The predicted octanol–water partition coefficient (Wildman–Crippen LogP) is 2.49. The molecule has 2 aromatic heterocycles. The number of benzene rings is 1. The Labute approximate surface area is 176 Å². The Morgan fingerprint density at radius 2 is 2.10 bits per heavy atom. The molecule has 3 aromatic rings. The Morgan fingerprint density at radius 1 is 1.34 bits per heavy atom. The van der Waals surface area contributed by atoms with Crippen LogP contribution in [0.5, 0.6) is 0 Å². The van der Waals surface area contributed by atoms with E-state index in [1.165, 1.54) is 22.5 Å². The Bertz CT molecular complexity index is 1090. The first-order valence-corrected chi connectivity index (χ1v) is 10.6. The minimum Gasteiger partial charge on any atom is -0.378 e. The monoisotopic (exact) mass is 433 g/mol. The summed E-state index contributed by atoms with van der Waals surface area (Å²) in [5.74, 6) is 0.0189. The fraction of sp³-hybridized carbons (Fsp3) is 0.368. The van der Waals surface area contributed by atoms with E-state index < -0.39 is 0 Å². The predicted molar refractivity (Wildman–Crippen MR) is 112 cm³/mol. The molecule has 1 aliphatic rings. The van der Waals surface area contributed by atoms with Crippen molar-refractivity contribution in [1.29, 1.82) is 0 Å². The van der Waals surface area contributed by atoms with Crippen molar-refractivity contribution in [1.82, 2.24) is 24.6 Å². The van der Waals surface area contributed by atoms with Crippen molar-refractivity contribution in [3.8, 4) is 5.69 Å². The molecule has 1 fully saturated rings. The summed E-state index contributed by atoms with van der Waals surface area (Å²) < 4.78 is 6.80. The van der Waals surface area contributed by atoms with Crippen LogP contribution in [-0.4, -0.2) is 62.1 Å². The maximum absolute atomic E-state index is 13.2. The van der Waals surface area contributed by atoms with Crippen molar-refractivity contribution >= 4 is 40.3 Å². The van der Waals surface area contributed by atoms with E-state index >= 15 is 0 Å². The molecule has 3 heterocycles. The number of nitrogens with one attached hydrogen (secondary N) is 1. The molecule has 1 aromatic carbocycles. The smallest absolute Gasteiger partial charge is 0.269 e. The lowest BCUT2D eigenvalue weighted by Crippen LogP contribution is -2.44. The number of rotatable bonds is 5. The molecule has 1 amide bonds. The number of thioether (sulfide) groups is 1. The number of fused-ring (bicyclic) bond motifs is 1. The number of hydrogen-bond donors (Lipinski definition) is 1. The molecule has 29 heavy (non-hydrogen) atoms. The molecule has 152 valence electrons. The zero-order chi connectivity index (χ0) is 20.4. The van der Waals surface area contributed by atoms with Crippen molar-refractivity contribution in [3.63, 3.8) is 0 Å². The highest BCUT2D eigenvalue weighted by Gasteiger charge is 2.28. The average Bonchev–Trinajstić information content (AvgIpc) is 3.22. The van der Waals surface area contributed by atoms with Gasteiger partial charge >= 0.3 is 0 Å². The first-order chi connectivity index (χ1) is 14.1. The molecule has 1 atom stereocenters. The van der Waals surface area contributed by atoms with Gasteiger partial charge in [-0.1, -0.05) is 42.4 Å². The zero-order valence-corrected chi connectivity index (χ0v) is 17.4. The minimum atomic E-state index is -0.380. The van der Waals surface area contributed by atoms with E-state index in [0.29, 0.717) is 59.6 Å². The first-order valence-electron chi connectivity index (χ1n) is 9.34. The molecule has 10 heteroatoms. The second-order valence-electron chi connectivity index (χ2n) is 6.57. The molecule has 0 bridgehead atoms. The van der Waals surface area contributed by atoms with Crippen molar-refractivity contribution in [2.24, 2.45) is 0 Å². The van der Waals surface area contributed by atoms with Gasteiger partial charge in [-0.2, -0.15) is 5.10 Å². The molecule has 0 aliphatic carbocycles. The molecular weight excluding hydrogens is 414 g/mol. The molecule has 0 radical (unpaired) electrons. The number of ether oxygens (including phenoxy) is 1. The first kappa shape index (κ1) is 19.9. The molecule has 0 saturated carbocycles. The number of carbonyl (C=O) groups excluding carboxylic acids is 1. The van der Waals surface area contributed by atoms with E-state index in [2.05, 4.69) is 15.2 Å². The summed E-state index contributed by atoms with van der Waals surface area (Å²) in [6.07, 6.45) is 2.04. The zero-order valence-electron chi connectivity index (χ0n) is 15.8. The fourth-order valence-corrected chi connectivity index (χ4v) is 4.54. The number of hydrogen-bond acceptors (Lipinski definition) is 6. The van der Waals surface area contributed by atoms with Gasteiger partial charge in [0, 0.05) is 13.1 Å². The molecule has 1 N–H and O–H groups in total. The summed E-state index contributed by atoms with van der Waals surface area (Å²) in [7, 11) is 0. The molecule has 1 unspecified atom stereocenters. The van der Waals surface area contributed by atoms with Crippen LogP contribution < -0.4 is 5.56 Å². The fourth-order valence-electron chi connectivity index (χ4n) is 3.22. The van der Waals surface area contributed by atoms with Gasteiger partial charge in [0.05, 0.1) is 35.4 Å². The van der Waals surface area contributed by atoms with Crippen LogP contribution in [0.25, 0.3) is 16.7 Å². The third-order valence-corrected chi connectivity index (χ3v) is 6.39. The van der Waals surface area contributed by atoms with Gasteiger partial charge in [-0.25, -0.2) is 4.98 Å². The summed E-state index contributed by atoms with van der Waals surface area (Å²) in [5.41, 5.74) is 0.619. The van der Waals surface area contributed by atoms with Gasteiger partial charge in [-0.05, 0) is 18.6 Å². The van der Waals surface area contributed by atoms with Gasteiger partial charge in [0.1, 0.15) is 5.39 Å². The van der Waals surface area contributed by atoms with Gasteiger partial charge < -0.3 is 9.64 Å². The Balaban J connectivity index is 1.78. The normalized spacial score (nSPS) is 15.6. The van der Waals surface area contributed by atoms with Crippen molar-refractivity contribution in [2.45, 2.75) is 23.8 Å². The van der Waals surface area contributed by atoms with Gasteiger partial charge in [0.25, 0.3) is 5.56 Å². The maximum atomic E-state index is 13.2. The second kappa shape index (κ2) is 8.56. The summed E-state index contributed by atoms with van der Waals surface area (Å²) in [5, 5.41) is 7.49. The molecule has 4 rings (SSSR count). The molecule has 1 aliphatic heterocycles. The average molecular weight is 434 g/mol. The van der Waals surface area contributed by atoms with Gasteiger partial charge in [-0.3, -0.25) is 19.3 Å². The number of H-pyrrole nitrogens is 1. The standard InChI is InChI=1S/C19H20ClN5O3S/c1-2-15(18(27)24-7-9-28-10-8-24)29-19-22-16-12(11-21-23-16)17(26)25(19)14-6-4-3-5-13(14)20/h3-6,11,15H,2,7-10H2,1H3,(H,21,23). The summed E-state index contributed by atoms with van der Waals surface area (Å²) in [4.78, 5) is 32.6. The van der Waals surface area contributed by atoms with E-state index in [0.717, 1.165) is 0 Å². The topological polar surface area (TPSA) is 93.1 Å². The lowest BCUT2D eigenvalue weighted by atomic mass is 10.2. The summed E-state index contributed by atoms with van der Waals surface area (Å²) in [6.45, 7) is 4.16. The van der Waals surface area contributed by atoms with Gasteiger partial charge in [0.15, 0.2) is 10.8 Å². The van der Waals surface area contributed by atoms with Crippen LogP contribution in [0.15, 0.2) is 40.4 Å². The second-order valence-corrected chi connectivity index (χ2v) is 8.15. The highest BCUT2D eigenvalue weighted by molar-refractivity contribution is 8.00. The summed E-state index contributed by atoms with van der Waals surface area (Å²) in [6, 6.07) is 7.07. The number of para-hydroxylation sites is 1. The quantitative estimate of drug-likeness (QED) is 0.491. The van der Waals surface area contributed by atoms with Crippen molar-refractivity contribution in [2.75, 3.05) is 26.3 Å². The highest BCUT2D eigenvalue weighted by Crippen LogP contribution is 2.30. The van der Waals surface area contributed by atoms with Crippen LogP contribution in [0.4, 0.5) is 0 Å². The molecule has 8 nitrogen and oxygen atoms in total. The number of aromatic amines is 1. The molecular formula is C19H20ClN5O3S. The van der Waals surface area contributed by atoms with Crippen molar-refractivity contribution in [3.05, 3.63) is 45.8 Å². The number of aromatic nitrogens is 4. The van der Waals surface area contributed by atoms with E-state index in [1.54, 1.807) is 29.2 Å². The van der Waals surface area contributed by atoms with E-state index in [4.69, 9.17) is 16.3 Å². The third-order valence-electron chi connectivity index (χ3n) is 4.76. The lowest BCUT2D eigenvalue weighted by Gasteiger charge is -2.30. The maximum Gasteiger partial charge on any atom is 0.269 e. The number of carbonyl (C=O) groups is 1. The van der Waals surface area contributed by atoms with Crippen LogP contribution in [0.1, 0.15) is 13.3 Å². The van der Waals surface area contributed by atoms with Gasteiger partial charge in [-0.15, -0.1) is 0 Å². The van der Waals surface area contributed by atoms with Crippen molar-refractivity contribution < 1.29 is 9.53 Å². The van der Waals surface area contributed by atoms with E-state index in [1.807, 2.05) is 6.92 Å². The Morgan fingerprint density at radius 3 is 2.83 bits per heavy atom.